The van der Waals surface area contributed by atoms with Gasteiger partial charge in [-0.05, 0) is 60.3 Å². The van der Waals surface area contributed by atoms with Gasteiger partial charge < -0.3 is 14.5 Å². The second-order valence-corrected chi connectivity index (χ2v) is 7.90. The molecule has 0 aliphatic carbocycles. The molecule has 0 unspecified atom stereocenters. The minimum absolute atomic E-state index is 0.145. The fourth-order valence-electron chi connectivity index (χ4n) is 3.15. The number of furan rings is 1. The Kier molecular flexibility index (Phi) is 6.29. The van der Waals surface area contributed by atoms with Gasteiger partial charge >= 0.3 is 0 Å². The van der Waals surface area contributed by atoms with Crippen LogP contribution in [0.3, 0.4) is 0 Å². The number of nitrogens with zero attached hydrogens (tertiary/aromatic N) is 2. The first kappa shape index (κ1) is 21.9. The first-order valence-electron chi connectivity index (χ1n) is 9.77. The van der Waals surface area contributed by atoms with Crippen LogP contribution in [-0.4, -0.2) is 35.6 Å². The number of carbonyl (C=O) groups is 3. The summed E-state index contributed by atoms with van der Waals surface area (Å²) in [5.41, 5.74) is 1.61. The first-order chi connectivity index (χ1) is 16.0. The zero-order valence-electron chi connectivity index (χ0n) is 17.4. The number of imide groups is 1. The van der Waals surface area contributed by atoms with E-state index in [2.05, 4.69) is 11.4 Å². The van der Waals surface area contributed by atoms with Crippen LogP contribution in [0.5, 0.6) is 5.75 Å². The van der Waals surface area contributed by atoms with Gasteiger partial charge in [0.1, 0.15) is 23.8 Å². The molecule has 0 radical (unpaired) electrons. The van der Waals surface area contributed by atoms with Crippen LogP contribution in [0.25, 0.3) is 17.4 Å². The Morgan fingerprint density at radius 3 is 2.64 bits per heavy atom. The third-order valence-corrected chi connectivity index (χ3v) is 5.67. The Balaban J connectivity index is 1.45. The van der Waals surface area contributed by atoms with E-state index in [-0.39, 0.29) is 4.91 Å². The van der Waals surface area contributed by atoms with Crippen molar-refractivity contribution in [2.45, 2.75) is 0 Å². The van der Waals surface area contributed by atoms with Crippen molar-refractivity contribution >= 4 is 40.6 Å². The molecular weight excluding hydrogens is 442 g/mol. The number of nitriles is 1. The number of rotatable bonds is 6. The minimum atomic E-state index is -0.578. The molecule has 0 saturated carbocycles. The molecule has 1 aliphatic rings. The highest BCUT2D eigenvalue weighted by molar-refractivity contribution is 8.18. The van der Waals surface area contributed by atoms with Gasteiger partial charge in [0.25, 0.3) is 11.1 Å². The number of thioether (sulfide) groups is 1. The zero-order valence-corrected chi connectivity index (χ0v) is 18.2. The van der Waals surface area contributed by atoms with Crippen LogP contribution in [0, 0.1) is 11.3 Å². The molecule has 9 heteroatoms. The molecule has 0 spiro atoms. The van der Waals surface area contributed by atoms with Crippen LogP contribution >= 0.6 is 11.8 Å². The van der Waals surface area contributed by atoms with E-state index in [9.17, 15) is 19.6 Å². The van der Waals surface area contributed by atoms with Crippen molar-refractivity contribution in [2.75, 3.05) is 19.0 Å². The van der Waals surface area contributed by atoms with Crippen LogP contribution in [-0.2, 0) is 9.59 Å². The number of ether oxygens (including phenoxy) is 1. The lowest BCUT2D eigenvalue weighted by Gasteiger charge is -2.12. The highest BCUT2D eigenvalue weighted by Crippen LogP contribution is 2.33. The quantitative estimate of drug-likeness (QED) is 0.540. The summed E-state index contributed by atoms with van der Waals surface area (Å²) in [5.74, 6) is 0.381. The Hall–Kier alpha value is -4.29. The average Bonchev–Trinajstić information content (AvgIpc) is 3.39. The predicted octanol–water partition coefficient (Wildman–Crippen LogP) is 4.50. The number of carbonyl (C=O) groups excluding carboxylic acids is 3. The van der Waals surface area contributed by atoms with Crippen molar-refractivity contribution < 1.29 is 23.5 Å². The standard InChI is InChI=1S/C24H17N3O5S/c1-31-17-8-6-16(7-9-17)26-22(28)14-27-23(29)21(33-24(27)30)12-18-10-11-20(32-18)19-5-3-2-4-15(19)13-25/h2-12H,14H2,1H3,(H,26,28)/b21-12+. The maximum atomic E-state index is 12.7. The molecule has 164 valence electrons. The molecule has 3 aromatic rings. The van der Waals surface area contributed by atoms with E-state index in [0.717, 1.165) is 16.7 Å². The Morgan fingerprint density at radius 2 is 1.91 bits per heavy atom. The van der Waals surface area contributed by atoms with Gasteiger partial charge in [0.15, 0.2) is 0 Å². The summed E-state index contributed by atoms with van der Waals surface area (Å²) in [5, 5.41) is 11.4. The second-order valence-electron chi connectivity index (χ2n) is 6.90. The van der Waals surface area contributed by atoms with E-state index >= 15 is 0 Å². The normalized spacial score (nSPS) is 14.4. The van der Waals surface area contributed by atoms with Gasteiger partial charge in [-0.1, -0.05) is 12.1 Å². The van der Waals surface area contributed by atoms with Gasteiger partial charge in [0, 0.05) is 17.3 Å². The van der Waals surface area contributed by atoms with Crippen molar-refractivity contribution in [3.05, 3.63) is 76.9 Å². The van der Waals surface area contributed by atoms with Gasteiger partial charge in [0.2, 0.25) is 5.91 Å². The second kappa shape index (κ2) is 9.46. The van der Waals surface area contributed by atoms with Crippen molar-refractivity contribution in [1.82, 2.24) is 4.90 Å². The number of anilines is 1. The molecule has 1 fully saturated rings. The first-order valence-corrected chi connectivity index (χ1v) is 10.6. The number of methoxy groups -OCH3 is 1. The molecule has 33 heavy (non-hydrogen) atoms. The van der Waals surface area contributed by atoms with Gasteiger partial charge in [0.05, 0.1) is 23.6 Å². The molecule has 1 N–H and O–H groups in total. The largest absolute Gasteiger partial charge is 0.497 e. The van der Waals surface area contributed by atoms with E-state index in [0.29, 0.717) is 34.1 Å². The molecule has 0 bridgehead atoms. The molecule has 1 aliphatic heterocycles. The summed E-state index contributed by atoms with van der Waals surface area (Å²) >= 11 is 0.732. The summed E-state index contributed by atoms with van der Waals surface area (Å²) in [7, 11) is 1.54. The number of nitrogens with one attached hydrogen (secondary N) is 1. The fraction of sp³-hybridized carbons (Fsp3) is 0.0833. The van der Waals surface area contributed by atoms with Gasteiger partial charge in [-0.15, -0.1) is 0 Å². The SMILES string of the molecule is COc1ccc(NC(=O)CN2C(=O)S/C(=C/c3ccc(-c4ccccc4C#N)o3)C2=O)cc1. The molecule has 2 aromatic carbocycles. The molecule has 0 atom stereocenters. The lowest BCUT2D eigenvalue weighted by molar-refractivity contribution is -0.127. The smallest absolute Gasteiger partial charge is 0.294 e. The predicted molar refractivity (Wildman–Crippen MR) is 123 cm³/mol. The molecule has 1 saturated heterocycles. The lowest BCUT2D eigenvalue weighted by Crippen LogP contribution is -2.36. The Morgan fingerprint density at radius 1 is 1.15 bits per heavy atom. The summed E-state index contributed by atoms with van der Waals surface area (Å²) in [6.07, 6.45) is 1.45. The number of amides is 3. The van der Waals surface area contributed by atoms with E-state index in [1.165, 1.54) is 13.2 Å². The maximum absolute atomic E-state index is 12.7. The minimum Gasteiger partial charge on any atom is -0.497 e. The van der Waals surface area contributed by atoms with Crippen LogP contribution in [0.4, 0.5) is 10.5 Å². The number of hydrogen-bond acceptors (Lipinski definition) is 7. The van der Waals surface area contributed by atoms with Crippen molar-refractivity contribution in [2.24, 2.45) is 0 Å². The summed E-state index contributed by atoms with van der Waals surface area (Å²) < 4.78 is 10.8. The Bertz CT molecular complexity index is 1300. The van der Waals surface area contributed by atoms with E-state index in [1.807, 2.05) is 0 Å². The van der Waals surface area contributed by atoms with E-state index < -0.39 is 23.6 Å². The lowest BCUT2D eigenvalue weighted by atomic mass is 10.1. The van der Waals surface area contributed by atoms with Gasteiger partial charge in [-0.25, -0.2) is 0 Å². The molecule has 1 aromatic heterocycles. The zero-order chi connectivity index (χ0) is 23.4. The van der Waals surface area contributed by atoms with Crippen LogP contribution in [0.1, 0.15) is 11.3 Å². The molecule has 2 heterocycles. The molecule has 8 nitrogen and oxygen atoms in total. The van der Waals surface area contributed by atoms with Crippen LogP contribution in [0.15, 0.2) is 70.0 Å². The maximum Gasteiger partial charge on any atom is 0.294 e. The highest BCUT2D eigenvalue weighted by atomic mass is 32.2. The third kappa shape index (κ3) is 4.81. The van der Waals surface area contributed by atoms with E-state index in [4.69, 9.17) is 9.15 Å². The molecule has 3 amide bonds. The van der Waals surface area contributed by atoms with Crippen molar-refractivity contribution in [3.63, 3.8) is 0 Å². The summed E-state index contributed by atoms with van der Waals surface area (Å²) in [6.45, 7) is -0.410. The Labute approximate surface area is 193 Å². The fourth-order valence-corrected chi connectivity index (χ4v) is 3.97. The van der Waals surface area contributed by atoms with Crippen LogP contribution in [0.2, 0.25) is 0 Å². The average molecular weight is 459 g/mol. The molecule has 4 rings (SSSR count). The van der Waals surface area contributed by atoms with Crippen molar-refractivity contribution in [3.8, 4) is 23.1 Å². The third-order valence-electron chi connectivity index (χ3n) is 4.76. The van der Waals surface area contributed by atoms with Gasteiger partial charge in [-0.2, -0.15) is 5.26 Å². The van der Waals surface area contributed by atoms with Crippen molar-refractivity contribution in [1.29, 1.82) is 5.26 Å². The topological polar surface area (TPSA) is 113 Å². The van der Waals surface area contributed by atoms with Gasteiger partial charge in [-0.3, -0.25) is 19.3 Å². The van der Waals surface area contributed by atoms with Crippen LogP contribution < -0.4 is 10.1 Å². The molecular formula is C24H17N3O5S. The van der Waals surface area contributed by atoms with E-state index in [1.54, 1.807) is 60.7 Å². The number of benzene rings is 2. The monoisotopic (exact) mass is 459 g/mol. The number of hydrogen-bond donors (Lipinski definition) is 1. The summed E-state index contributed by atoms with van der Waals surface area (Å²) in [4.78, 5) is 38.4. The highest BCUT2D eigenvalue weighted by Gasteiger charge is 2.36. The summed E-state index contributed by atoms with van der Waals surface area (Å²) in [6, 6.07) is 19.1.